The van der Waals surface area contributed by atoms with Gasteiger partial charge in [0.25, 0.3) is 0 Å². The number of hydrogen-bond donors (Lipinski definition) is 3. The Morgan fingerprint density at radius 3 is 0.884 bits per heavy atom. The van der Waals surface area contributed by atoms with E-state index in [2.05, 4.69) is 48.5 Å². The number of ether oxygens (including phenoxy) is 4. The summed E-state index contributed by atoms with van der Waals surface area (Å²) in [5, 5.41) is 10.6. The molecule has 17 nitrogen and oxygen atoms in total. The molecule has 0 amide bonds. The number of phosphoric acid groups is 2. The average molecular weight is 1270 g/mol. The van der Waals surface area contributed by atoms with Crippen LogP contribution in [0.15, 0.2) is 0 Å². The second-order valence-corrected chi connectivity index (χ2v) is 28.1. The van der Waals surface area contributed by atoms with Crippen molar-refractivity contribution in [2.45, 2.75) is 349 Å². The van der Waals surface area contributed by atoms with Gasteiger partial charge in [0.2, 0.25) is 0 Å². The molecule has 0 saturated carbocycles. The largest absolute Gasteiger partial charge is 0.472 e. The van der Waals surface area contributed by atoms with Crippen LogP contribution in [-0.4, -0.2) is 96.7 Å². The van der Waals surface area contributed by atoms with Gasteiger partial charge in [-0.25, -0.2) is 9.13 Å². The number of aliphatic hydroxyl groups excluding tert-OH is 1. The van der Waals surface area contributed by atoms with Gasteiger partial charge < -0.3 is 33.8 Å². The first-order valence-electron chi connectivity index (χ1n) is 34.9. The van der Waals surface area contributed by atoms with Crippen LogP contribution in [0.4, 0.5) is 0 Å². The van der Waals surface area contributed by atoms with E-state index in [0.29, 0.717) is 25.7 Å². The molecule has 0 fully saturated rings. The van der Waals surface area contributed by atoms with Gasteiger partial charge in [0.1, 0.15) is 19.3 Å². The maximum absolute atomic E-state index is 13.0. The number of hydrogen-bond acceptors (Lipinski definition) is 15. The molecule has 7 atom stereocenters. The van der Waals surface area contributed by atoms with E-state index in [1.165, 1.54) is 135 Å². The first-order valence-corrected chi connectivity index (χ1v) is 37.9. The van der Waals surface area contributed by atoms with E-state index in [-0.39, 0.29) is 25.7 Å². The molecule has 19 heteroatoms. The van der Waals surface area contributed by atoms with Crippen LogP contribution in [0.2, 0.25) is 0 Å². The molecule has 0 radical (unpaired) electrons. The second-order valence-electron chi connectivity index (χ2n) is 25.2. The van der Waals surface area contributed by atoms with Crippen molar-refractivity contribution in [2.75, 3.05) is 39.6 Å². The van der Waals surface area contributed by atoms with Crippen molar-refractivity contribution < 1.29 is 80.2 Å². The third kappa shape index (κ3) is 58.4. The smallest absolute Gasteiger partial charge is 0.462 e. The number of unbranched alkanes of at least 4 members (excludes halogenated alkanes) is 31. The summed E-state index contributed by atoms with van der Waals surface area (Å²) in [7, 11) is -9.89. The third-order valence-corrected chi connectivity index (χ3v) is 18.0. The Morgan fingerprint density at radius 1 is 0.337 bits per heavy atom. The van der Waals surface area contributed by atoms with Gasteiger partial charge in [-0.2, -0.15) is 0 Å². The van der Waals surface area contributed by atoms with Crippen LogP contribution in [0, 0.1) is 17.8 Å². The fourth-order valence-corrected chi connectivity index (χ4v) is 11.5. The summed E-state index contributed by atoms with van der Waals surface area (Å²) in [5.41, 5.74) is 0. The fraction of sp³-hybridized carbons (Fsp3) is 0.940. The predicted octanol–water partition coefficient (Wildman–Crippen LogP) is 18.7. The minimum atomic E-state index is -4.95. The molecule has 0 spiro atoms. The Kier molecular flexibility index (Phi) is 56.9. The molecule has 0 bridgehead atoms. The van der Waals surface area contributed by atoms with Gasteiger partial charge in [-0.1, -0.05) is 280 Å². The molecule has 4 unspecified atom stereocenters. The molecular weight excluding hydrogens is 1140 g/mol. The maximum atomic E-state index is 13.0. The van der Waals surface area contributed by atoms with E-state index in [1.54, 1.807) is 0 Å². The Bertz CT molecular complexity index is 1700. The number of aliphatic hydroxyl groups is 1. The average Bonchev–Trinajstić information content (AvgIpc) is 3.52. The van der Waals surface area contributed by atoms with E-state index in [9.17, 15) is 43.2 Å². The van der Waals surface area contributed by atoms with E-state index in [0.717, 1.165) is 114 Å². The van der Waals surface area contributed by atoms with Crippen molar-refractivity contribution in [3.8, 4) is 0 Å². The molecule has 0 aliphatic carbocycles. The fourth-order valence-electron chi connectivity index (χ4n) is 9.95. The molecular formula is C67H130O17P2. The van der Waals surface area contributed by atoms with E-state index in [1.807, 2.05) is 0 Å². The Balaban J connectivity index is 5.25. The standard InChI is InChI=1S/C67H130O17P2/c1-8-11-12-13-14-27-34-41-48-64(69)77-54-62(84-67(72)51-44-37-30-23-21-26-33-40-47-60(7)10-3)56-81-85(73,74)79-52-61(68)53-80-86(75,76)82-57-63(55-78-65(70)49-42-35-28-22-20-25-32-39-46-59(6)9-2)83-66(71)50-43-36-29-19-17-15-16-18-24-31-38-45-58(4)5/h58-63,68H,8-57H2,1-7H3,(H,73,74)(H,75,76)/t59?,60?,61-,62+,63+/m0/s1. The number of phosphoric ester groups is 2. The summed E-state index contributed by atoms with van der Waals surface area (Å²) in [6, 6.07) is 0. The summed E-state index contributed by atoms with van der Waals surface area (Å²) in [5.74, 6) is 0.178. The van der Waals surface area contributed by atoms with E-state index < -0.39 is 97.5 Å². The Hall–Kier alpha value is -1.94. The Labute approximate surface area is 524 Å². The van der Waals surface area contributed by atoms with Crippen molar-refractivity contribution >= 4 is 39.5 Å². The zero-order chi connectivity index (χ0) is 63.8. The topological polar surface area (TPSA) is 237 Å². The zero-order valence-corrected chi connectivity index (χ0v) is 57.6. The summed E-state index contributed by atoms with van der Waals surface area (Å²) >= 11 is 0. The van der Waals surface area contributed by atoms with Gasteiger partial charge in [-0.15, -0.1) is 0 Å². The SMILES string of the molecule is CCCCCCCCCCC(=O)OC[C@H](COP(=O)(O)OC[C@H](O)COP(=O)(O)OC[C@@H](COC(=O)CCCCCCCCCCC(C)CC)OC(=O)CCCCCCCCCCCCCC(C)C)OC(=O)CCCCCCCCCCC(C)CC. The zero-order valence-electron chi connectivity index (χ0n) is 55.8. The summed E-state index contributed by atoms with van der Waals surface area (Å²) in [6.45, 7) is 11.8. The second kappa shape index (κ2) is 58.2. The molecule has 510 valence electrons. The highest BCUT2D eigenvalue weighted by Gasteiger charge is 2.30. The van der Waals surface area contributed by atoms with Crippen molar-refractivity contribution in [2.24, 2.45) is 17.8 Å². The molecule has 0 aromatic heterocycles. The quantitative estimate of drug-likeness (QED) is 0.0222. The number of carbonyl (C=O) groups is 4. The molecule has 0 aromatic carbocycles. The van der Waals surface area contributed by atoms with Gasteiger partial charge in [0.05, 0.1) is 26.4 Å². The molecule has 0 saturated heterocycles. The number of carbonyl (C=O) groups excluding carboxylic acids is 4. The highest BCUT2D eigenvalue weighted by molar-refractivity contribution is 7.47. The van der Waals surface area contributed by atoms with Gasteiger partial charge in [-0.3, -0.25) is 37.3 Å². The summed E-state index contributed by atoms with van der Waals surface area (Å²) in [4.78, 5) is 72.3. The minimum absolute atomic E-state index is 0.104. The minimum Gasteiger partial charge on any atom is -0.462 e. The molecule has 86 heavy (non-hydrogen) atoms. The van der Waals surface area contributed by atoms with Crippen molar-refractivity contribution in [3.63, 3.8) is 0 Å². The number of rotatable bonds is 65. The monoisotopic (exact) mass is 1270 g/mol. The normalized spacial score (nSPS) is 14.9. The van der Waals surface area contributed by atoms with E-state index >= 15 is 0 Å². The molecule has 0 aliphatic heterocycles. The summed E-state index contributed by atoms with van der Waals surface area (Å²) < 4.78 is 68.1. The van der Waals surface area contributed by atoms with Crippen molar-refractivity contribution in [1.29, 1.82) is 0 Å². The third-order valence-electron chi connectivity index (χ3n) is 16.1. The van der Waals surface area contributed by atoms with Crippen LogP contribution in [0.1, 0.15) is 331 Å². The maximum Gasteiger partial charge on any atom is 0.472 e. The first kappa shape index (κ1) is 84.1. The van der Waals surface area contributed by atoms with Crippen LogP contribution in [0.25, 0.3) is 0 Å². The van der Waals surface area contributed by atoms with Gasteiger partial charge in [0, 0.05) is 25.7 Å². The van der Waals surface area contributed by atoms with Crippen molar-refractivity contribution in [1.82, 2.24) is 0 Å². The lowest BCUT2D eigenvalue weighted by atomic mass is 9.99. The van der Waals surface area contributed by atoms with Crippen LogP contribution in [0.3, 0.4) is 0 Å². The predicted molar refractivity (Wildman–Crippen MR) is 344 cm³/mol. The summed E-state index contributed by atoms with van der Waals surface area (Å²) in [6.07, 6.45) is 40.2. The Morgan fingerprint density at radius 2 is 0.593 bits per heavy atom. The lowest BCUT2D eigenvalue weighted by molar-refractivity contribution is -0.161. The first-order chi connectivity index (χ1) is 41.3. The van der Waals surface area contributed by atoms with Crippen LogP contribution < -0.4 is 0 Å². The highest BCUT2D eigenvalue weighted by atomic mass is 31.2. The molecule has 0 heterocycles. The number of esters is 4. The van der Waals surface area contributed by atoms with Crippen LogP contribution in [-0.2, 0) is 65.4 Å². The van der Waals surface area contributed by atoms with Crippen LogP contribution >= 0.6 is 15.6 Å². The molecule has 0 aliphatic rings. The molecule has 0 rings (SSSR count). The molecule has 0 aromatic rings. The lowest BCUT2D eigenvalue weighted by Gasteiger charge is -2.21. The van der Waals surface area contributed by atoms with Gasteiger partial charge >= 0.3 is 39.5 Å². The van der Waals surface area contributed by atoms with E-state index in [4.69, 9.17) is 37.0 Å². The van der Waals surface area contributed by atoms with Gasteiger partial charge in [0.15, 0.2) is 12.2 Å². The molecule has 3 N–H and O–H groups in total. The highest BCUT2D eigenvalue weighted by Crippen LogP contribution is 2.45. The van der Waals surface area contributed by atoms with Crippen LogP contribution in [0.5, 0.6) is 0 Å². The lowest BCUT2D eigenvalue weighted by Crippen LogP contribution is -2.30. The van der Waals surface area contributed by atoms with Crippen molar-refractivity contribution in [3.05, 3.63) is 0 Å². The van der Waals surface area contributed by atoms with Gasteiger partial charge in [-0.05, 0) is 43.4 Å².